The monoisotopic (exact) mass is 453 g/mol. The number of Topliss-reactive ketones (excluding diaryl/α,β-unsaturated/α-hetero) is 1. The Morgan fingerprint density at radius 2 is 1.79 bits per heavy atom. The van der Waals surface area contributed by atoms with E-state index in [1.165, 1.54) is 12.1 Å². The summed E-state index contributed by atoms with van der Waals surface area (Å²) in [4.78, 5) is 18.0. The lowest BCUT2D eigenvalue weighted by molar-refractivity contribution is -0.286. The lowest BCUT2D eigenvalue weighted by Crippen LogP contribution is -2.26. The minimum absolute atomic E-state index is 0. The predicted molar refractivity (Wildman–Crippen MR) is 119 cm³/mol. The van der Waals surface area contributed by atoms with E-state index in [0.29, 0.717) is 24.1 Å². The van der Waals surface area contributed by atoms with Crippen molar-refractivity contribution < 1.29 is 29.6 Å². The van der Waals surface area contributed by atoms with Crippen LogP contribution in [0.15, 0.2) is 54.6 Å². The number of ketones is 1. The summed E-state index contributed by atoms with van der Waals surface area (Å²) in [7, 11) is 0. The van der Waals surface area contributed by atoms with Crippen molar-refractivity contribution in [3.8, 4) is 22.8 Å². The van der Waals surface area contributed by atoms with Gasteiger partial charge in [0, 0.05) is 19.1 Å². The molecule has 1 aromatic heterocycles. The van der Waals surface area contributed by atoms with Crippen LogP contribution in [-0.4, -0.2) is 22.2 Å². The summed E-state index contributed by atoms with van der Waals surface area (Å²) in [5.74, 6) is -0.0775. The van der Waals surface area contributed by atoms with Crippen molar-refractivity contribution in [1.82, 2.24) is 4.98 Å². The van der Waals surface area contributed by atoms with Gasteiger partial charge in [0.2, 0.25) is 0 Å². The zero-order valence-electron chi connectivity index (χ0n) is 18.3. The molecular weight excluding hydrogens is 428 g/mol. The largest absolute Gasteiger partial charge is 0.586 e. The molecule has 2 heterocycles. The topological polar surface area (TPSA) is 68.7 Å². The Bertz CT molecular complexity index is 1240. The van der Waals surface area contributed by atoms with E-state index in [2.05, 4.69) is 9.47 Å². The number of carbonyl (C=O) groups is 1. The maximum Gasteiger partial charge on any atom is 0.586 e. The van der Waals surface area contributed by atoms with E-state index in [1.807, 2.05) is 43.3 Å². The number of aliphatic hydroxyl groups is 1. The second-order valence-electron chi connectivity index (χ2n) is 8.78. The summed E-state index contributed by atoms with van der Waals surface area (Å²) in [6.07, 6.45) is -2.78. The highest BCUT2D eigenvalue weighted by atomic mass is 19.3. The van der Waals surface area contributed by atoms with Gasteiger partial charge < -0.3 is 14.6 Å². The third-order valence-electron chi connectivity index (χ3n) is 6.40. The lowest BCUT2D eigenvalue weighted by atomic mass is 9.88. The molecule has 172 valence electrons. The number of pyridine rings is 1. The van der Waals surface area contributed by atoms with Crippen molar-refractivity contribution in [3.63, 3.8) is 0 Å². The smallest absolute Gasteiger partial charge is 0.395 e. The van der Waals surface area contributed by atoms with Crippen molar-refractivity contribution in [2.24, 2.45) is 0 Å². The average molecular weight is 453 g/mol. The number of rotatable bonds is 6. The summed E-state index contributed by atoms with van der Waals surface area (Å²) < 4.78 is 35.8. The standard InChI is InChI=1S/C26H23F2NO4.H2/c1-15-3-9-20(29-24(15)18-6-4-17(5-7-18)16(2)30)14-23(31)25(11-12-25)19-8-10-21-22(13-19)33-26(27,28)32-21;/h3-10,13,16,30H,11-12,14H2,1-2H3;1H. The summed E-state index contributed by atoms with van der Waals surface area (Å²) in [5.41, 5.74) is 4.10. The number of carbonyl (C=O) groups excluding carboxylic acids is 1. The second-order valence-corrected chi connectivity index (χ2v) is 8.78. The maximum absolute atomic E-state index is 13.4. The number of aliphatic hydroxyl groups excluding tert-OH is 1. The highest BCUT2D eigenvalue weighted by Gasteiger charge is 2.52. The highest BCUT2D eigenvalue weighted by Crippen LogP contribution is 2.52. The summed E-state index contributed by atoms with van der Waals surface area (Å²) >= 11 is 0. The fraction of sp³-hybridized carbons (Fsp3) is 0.308. The van der Waals surface area contributed by atoms with Crippen LogP contribution in [0.5, 0.6) is 11.5 Å². The Morgan fingerprint density at radius 3 is 2.45 bits per heavy atom. The van der Waals surface area contributed by atoms with Crippen LogP contribution < -0.4 is 9.47 Å². The number of fused-ring (bicyclic) bond motifs is 1. The Balaban J connectivity index is 0.00000274. The summed E-state index contributed by atoms with van der Waals surface area (Å²) in [5, 5.41) is 9.73. The summed E-state index contributed by atoms with van der Waals surface area (Å²) in [6, 6.07) is 15.9. The van der Waals surface area contributed by atoms with Gasteiger partial charge in [-0.1, -0.05) is 36.4 Å². The first kappa shape index (κ1) is 21.5. The summed E-state index contributed by atoms with van der Waals surface area (Å²) in [6.45, 7) is 3.67. The van der Waals surface area contributed by atoms with Gasteiger partial charge in [0.25, 0.3) is 0 Å². The van der Waals surface area contributed by atoms with Gasteiger partial charge in [-0.3, -0.25) is 9.78 Å². The molecule has 1 fully saturated rings. The number of aromatic nitrogens is 1. The molecule has 0 saturated heterocycles. The molecule has 0 amide bonds. The second kappa shape index (κ2) is 7.63. The molecule has 1 saturated carbocycles. The number of aryl methyl sites for hydroxylation is 1. The molecule has 2 aliphatic rings. The Kier molecular flexibility index (Phi) is 4.97. The third-order valence-corrected chi connectivity index (χ3v) is 6.40. The number of alkyl halides is 2. The first-order chi connectivity index (χ1) is 15.7. The average Bonchev–Trinajstić information content (AvgIpc) is 3.52. The Hall–Kier alpha value is -3.32. The van der Waals surface area contributed by atoms with Crippen LogP contribution in [-0.2, 0) is 16.6 Å². The fourth-order valence-electron chi connectivity index (χ4n) is 4.31. The van der Waals surface area contributed by atoms with Crippen molar-refractivity contribution in [2.75, 3.05) is 0 Å². The molecule has 5 rings (SSSR count). The van der Waals surface area contributed by atoms with E-state index >= 15 is 0 Å². The first-order valence-electron chi connectivity index (χ1n) is 10.9. The van der Waals surface area contributed by atoms with Crippen LogP contribution >= 0.6 is 0 Å². The number of hydrogen-bond donors (Lipinski definition) is 1. The molecule has 1 atom stereocenters. The van der Waals surface area contributed by atoms with Gasteiger partial charge in [0.1, 0.15) is 5.78 Å². The molecular formula is C26H25F2NO4. The third kappa shape index (κ3) is 3.97. The quantitative estimate of drug-likeness (QED) is 0.532. The molecule has 0 spiro atoms. The van der Waals surface area contributed by atoms with E-state index in [-0.39, 0.29) is 25.1 Å². The van der Waals surface area contributed by atoms with Gasteiger partial charge in [0.15, 0.2) is 11.5 Å². The van der Waals surface area contributed by atoms with Crippen LogP contribution in [0.4, 0.5) is 8.78 Å². The van der Waals surface area contributed by atoms with Crippen molar-refractivity contribution in [3.05, 3.63) is 77.0 Å². The van der Waals surface area contributed by atoms with Crippen LogP contribution in [0.3, 0.4) is 0 Å². The lowest BCUT2D eigenvalue weighted by Gasteiger charge is -2.16. The molecule has 0 bridgehead atoms. The zero-order valence-corrected chi connectivity index (χ0v) is 18.3. The van der Waals surface area contributed by atoms with Gasteiger partial charge in [-0.15, -0.1) is 8.78 Å². The molecule has 0 radical (unpaired) electrons. The van der Waals surface area contributed by atoms with Gasteiger partial charge in [-0.05, 0) is 61.6 Å². The number of nitrogens with zero attached hydrogens (tertiary/aromatic N) is 1. The van der Waals surface area contributed by atoms with E-state index in [9.17, 15) is 18.7 Å². The Morgan fingerprint density at radius 1 is 1.09 bits per heavy atom. The molecule has 2 aromatic carbocycles. The van der Waals surface area contributed by atoms with Crippen molar-refractivity contribution in [1.29, 1.82) is 0 Å². The minimum atomic E-state index is -3.68. The van der Waals surface area contributed by atoms with Crippen LogP contribution in [0, 0.1) is 6.92 Å². The molecule has 33 heavy (non-hydrogen) atoms. The molecule has 7 heteroatoms. The maximum atomic E-state index is 13.4. The SMILES string of the molecule is Cc1ccc(CC(=O)C2(c3ccc4c(c3)OC(F)(F)O4)CC2)nc1-c1ccc(C(C)O)cc1.[HH]. The van der Waals surface area contributed by atoms with E-state index in [1.54, 1.807) is 13.0 Å². The number of halogens is 2. The zero-order chi connectivity index (χ0) is 23.4. The molecule has 5 nitrogen and oxygen atoms in total. The van der Waals surface area contributed by atoms with Crippen molar-refractivity contribution in [2.45, 2.75) is 50.9 Å². The molecule has 1 aliphatic carbocycles. The van der Waals surface area contributed by atoms with Crippen LogP contribution in [0.1, 0.15) is 49.7 Å². The van der Waals surface area contributed by atoms with E-state index in [4.69, 9.17) is 4.98 Å². The van der Waals surface area contributed by atoms with Gasteiger partial charge >= 0.3 is 6.29 Å². The molecule has 3 aromatic rings. The van der Waals surface area contributed by atoms with Gasteiger partial charge in [0.05, 0.1) is 17.2 Å². The Labute approximate surface area is 191 Å². The molecule has 1 unspecified atom stereocenters. The van der Waals surface area contributed by atoms with E-state index in [0.717, 1.165) is 22.4 Å². The first-order valence-corrected chi connectivity index (χ1v) is 10.9. The highest BCUT2D eigenvalue weighted by molar-refractivity contribution is 5.94. The van der Waals surface area contributed by atoms with Crippen LogP contribution in [0.2, 0.25) is 0 Å². The molecule has 1 aliphatic heterocycles. The number of benzene rings is 2. The van der Waals surface area contributed by atoms with Gasteiger partial charge in [-0.25, -0.2) is 0 Å². The molecule has 1 N–H and O–H groups in total. The number of ether oxygens (including phenoxy) is 2. The van der Waals surface area contributed by atoms with Crippen molar-refractivity contribution >= 4 is 5.78 Å². The number of hydrogen-bond acceptors (Lipinski definition) is 5. The fourth-order valence-corrected chi connectivity index (χ4v) is 4.31. The predicted octanol–water partition coefficient (Wildman–Crippen LogP) is 5.52. The van der Waals surface area contributed by atoms with Gasteiger partial charge in [-0.2, -0.15) is 0 Å². The van der Waals surface area contributed by atoms with Crippen LogP contribution in [0.25, 0.3) is 11.3 Å². The minimum Gasteiger partial charge on any atom is -0.395 e. The normalized spacial score (nSPS) is 18.1. The van der Waals surface area contributed by atoms with E-state index < -0.39 is 17.8 Å².